The molecule has 0 bridgehead atoms. The number of aromatic nitrogens is 2. The van der Waals surface area contributed by atoms with Crippen molar-refractivity contribution >= 4 is 0 Å². The largest absolute Gasteiger partial charge is 0.392 e. The molecule has 15 heavy (non-hydrogen) atoms. The summed E-state index contributed by atoms with van der Waals surface area (Å²) >= 11 is 0. The van der Waals surface area contributed by atoms with Crippen LogP contribution >= 0.6 is 0 Å². The lowest BCUT2D eigenvalue weighted by molar-refractivity contribution is 0.0902. The number of nitrogens with one attached hydrogen (secondary N) is 2. The van der Waals surface area contributed by atoms with Gasteiger partial charge in [-0.25, -0.2) is 0 Å². The molecule has 1 aromatic heterocycles. The standard InChI is InChI=1S/C11H19N3O/c1-8-9(7-13-14-8)6-12-10-4-2-3-5-11(10)15/h7,10-12,15H,2-6H2,1H3,(H,13,14). The first-order valence-corrected chi connectivity index (χ1v) is 5.67. The van der Waals surface area contributed by atoms with E-state index in [1.165, 1.54) is 12.0 Å². The lowest BCUT2D eigenvalue weighted by atomic mass is 9.92. The maximum atomic E-state index is 9.78. The highest BCUT2D eigenvalue weighted by atomic mass is 16.3. The highest BCUT2D eigenvalue weighted by molar-refractivity contribution is 5.14. The highest BCUT2D eigenvalue weighted by Crippen LogP contribution is 2.18. The summed E-state index contributed by atoms with van der Waals surface area (Å²) in [5, 5.41) is 20.1. The Balaban J connectivity index is 1.84. The maximum Gasteiger partial charge on any atom is 0.0693 e. The van der Waals surface area contributed by atoms with Gasteiger partial charge in [-0.05, 0) is 19.8 Å². The second-order valence-electron chi connectivity index (χ2n) is 4.36. The molecule has 2 unspecified atom stereocenters. The van der Waals surface area contributed by atoms with Crippen molar-refractivity contribution in [3.8, 4) is 0 Å². The van der Waals surface area contributed by atoms with Crippen LogP contribution < -0.4 is 5.32 Å². The van der Waals surface area contributed by atoms with Gasteiger partial charge in [0.15, 0.2) is 0 Å². The molecule has 0 spiro atoms. The Bertz CT molecular complexity index is 311. The molecule has 1 aliphatic carbocycles. The van der Waals surface area contributed by atoms with Crippen LogP contribution in [-0.4, -0.2) is 27.4 Å². The van der Waals surface area contributed by atoms with Gasteiger partial charge in [-0.1, -0.05) is 12.8 Å². The van der Waals surface area contributed by atoms with E-state index in [1.807, 2.05) is 13.1 Å². The van der Waals surface area contributed by atoms with E-state index in [-0.39, 0.29) is 12.1 Å². The van der Waals surface area contributed by atoms with E-state index in [2.05, 4.69) is 15.5 Å². The van der Waals surface area contributed by atoms with Crippen molar-refractivity contribution in [1.82, 2.24) is 15.5 Å². The third-order valence-corrected chi connectivity index (χ3v) is 3.22. The third-order valence-electron chi connectivity index (χ3n) is 3.22. The fourth-order valence-corrected chi connectivity index (χ4v) is 2.14. The molecule has 1 heterocycles. The molecule has 0 amide bonds. The number of hydrogen-bond donors (Lipinski definition) is 3. The van der Waals surface area contributed by atoms with Gasteiger partial charge in [0.25, 0.3) is 0 Å². The third kappa shape index (κ3) is 2.58. The van der Waals surface area contributed by atoms with E-state index in [1.54, 1.807) is 0 Å². The molecule has 1 aliphatic rings. The molecular weight excluding hydrogens is 190 g/mol. The van der Waals surface area contributed by atoms with Crippen LogP contribution in [0.15, 0.2) is 6.20 Å². The minimum Gasteiger partial charge on any atom is -0.392 e. The van der Waals surface area contributed by atoms with Crippen LogP contribution in [-0.2, 0) is 6.54 Å². The number of nitrogens with zero attached hydrogens (tertiary/aromatic N) is 1. The number of aromatic amines is 1. The van der Waals surface area contributed by atoms with E-state index < -0.39 is 0 Å². The summed E-state index contributed by atoms with van der Waals surface area (Å²) in [6, 6.07) is 0.257. The first-order chi connectivity index (χ1) is 7.27. The zero-order valence-electron chi connectivity index (χ0n) is 9.16. The summed E-state index contributed by atoms with van der Waals surface area (Å²) in [7, 11) is 0. The molecule has 0 aliphatic heterocycles. The number of rotatable bonds is 3. The Morgan fingerprint density at radius 2 is 2.33 bits per heavy atom. The van der Waals surface area contributed by atoms with Gasteiger partial charge in [0.05, 0.1) is 12.3 Å². The second-order valence-corrected chi connectivity index (χ2v) is 4.36. The Kier molecular flexibility index (Phi) is 3.38. The van der Waals surface area contributed by atoms with Crippen LogP contribution in [0.1, 0.15) is 36.9 Å². The molecular formula is C11H19N3O. The van der Waals surface area contributed by atoms with Gasteiger partial charge < -0.3 is 10.4 Å². The molecule has 2 rings (SSSR count). The highest BCUT2D eigenvalue weighted by Gasteiger charge is 2.22. The van der Waals surface area contributed by atoms with E-state index in [4.69, 9.17) is 0 Å². The average molecular weight is 209 g/mol. The predicted molar refractivity (Wildman–Crippen MR) is 58.4 cm³/mol. The minimum absolute atomic E-state index is 0.175. The SMILES string of the molecule is Cc1[nH]ncc1CNC1CCCCC1O. The first-order valence-electron chi connectivity index (χ1n) is 5.67. The monoisotopic (exact) mass is 209 g/mol. The van der Waals surface area contributed by atoms with Crippen LogP contribution in [0.4, 0.5) is 0 Å². The molecule has 4 heteroatoms. The van der Waals surface area contributed by atoms with Crippen molar-refractivity contribution in [3.63, 3.8) is 0 Å². The number of H-pyrrole nitrogens is 1. The van der Waals surface area contributed by atoms with Crippen LogP contribution in [0.2, 0.25) is 0 Å². The van der Waals surface area contributed by atoms with Crippen LogP contribution in [0, 0.1) is 6.92 Å². The topological polar surface area (TPSA) is 60.9 Å². The first kappa shape index (κ1) is 10.6. The Hall–Kier alpha value is -0.870. The lowest BCUT2D eigenvalue weighted by Gasteiger charge is -2.28. The summed E-state index contributed by atoms with van der Waals surface area (Å²) in [6.45, 7) is 2.81. The number of aliphatic hydroxyl groups excluding tert-OH is 1. The van der Waals surface area contributed by atoms with Crippen molar-refractivity contribution in [2.24, 2.45) is 0 Å². The summed E-state index contributed by atoms with van der Waals surface area (Å²) < 4.78 is 0. The van der Waals surface area contributed by atoms with Crippen LogP contribution in [0.5, 0.6) is 0 Å². The fourth-order valence-electron chi connectivity index (χ4n) is 2.14. The molecule has 84 valence electrons. The normalized spacial score (nSPS) is 26.8. The fraction of sp³-hybridized carbons (Fsp3) is 0.727. The summed E-state index contributed by atoms with van der Waals surface area (Å²) in [4.78, 5) is 0. The zero-order chi connectivity index (χ0) is 10.7. The quantitative estimate of drug-likeness (QED) is 0.699. The maximum absolute atomic E-state index is 9.78. The molecule has 1 saturated carbocycles. The average Bonchev–Trinajstić information content (AvgIpc) is 2.63. The molecule has 0 aromatic carbocycles. The molecule has 0 radical (unpaired) electrons. The molecule has 4 nitrogen and oxygen atoms in total. The van der Waals surface area contributed by atoms with Gasteiger partial charge in [0.2, 0.25) is 0 Å². The second kappa shape index (κ2) is 4.77. The summed E-state index contributed by atoms with van der Waals surface area (Å²) in [6.07, 6.45) is 6.06. The van der Waals surface area contributed by atoms with Crippen LogP contribution in [0.3, 0.4) is 0 Å². The van der Waals surface area contributed by atoms with Gasteiger partial charge in [-0.2, -0.15) is 5.10 Å². The van der Waals surface area contributed by atoms with E-state index in [0.29, 0.717) is 0 Å². The molecule has 1 fully saturated rings. The van der Waals surface area contributed by atoms with Crippen molar-refractivity contribution in [3.05, 3.63) is 17.5 Å². The van der Waals surface area contributed by atoms with Crippen molar-refractivity contribution < 1.29 is 5.11 Å². The van der Waals surface area contributed by atoms with Crippen molar-refractivity contribution in [2.75, 3.05) is 0 Å². The van der Waals surface area contributed by atoms with Gasteiger partial charge in [-0.3, -0.25) is 5.10 Å². The molecule has 2 atom stereocenters. The smallest absolute Gasteiger partial charge is 0.0693 e. The Labute approximate surface area is 90.1 Å². The predicted octanol–water partition coefficient (Wildman–Crippen LogP) is 1.11. The van der Waals surface area contributed by atoms with Gasteiger partial charge >= 0.3 is 0 Å². The van der Waals surface area contributed by atoms with E-state index in [9.17, 15) is 5.11 Å². The van der Waals surface area contributed by atoms with Gasteiger partial charge in [-0.15, -0.1) is 0 Å². The minimum atomic E-state index is -0.175. The van der Waals surface area contributed by atoms with Crippen molar-refractivity contribution in [2.45, 2.75) is 51.3 Å². The molecule has 3 N–H and O–H groups in total. The zero-order valence-corrected chi connectivity index (χ0v) is 9.16. The molecule has 0 saturated heterocycles. The Morgan fingerprint density at radius 1 is 1.53 bits per heavy atom. The van der Waals surface area contributed by atoms with Crippen molar-refractivity contribution in [1.29, 1.82) is 0 Å². The van der Waals surface area contributed by atoms with E-state index >= 15 is 0 Å². The van der Waals surface area contributed by atoms with E-state index in [0.717, 1.165) is 31.5 Å². The lowest BCUT2D eigenvalue weighted by Crippen LogP contribution is -2.41. The molecule has 1 aromatic rings. The number of aryl methyl sites for hydroxylation is 1. The van der Waals surface area contributed by atoms with Gasteiger partial charge in [0, 0.05) is 23.8 Å². The number of hydrogen-bond acceptors (Lipinski definition) is 3. The summed E-state index contributed by atoms with van der Waals surface area (Å²) in [5.41, 5.74) is 2.29. The van der Waals surface area contributed by atoms with Gasteiger partial charge in [0.1, 0.15) is 0 Å². The van der Waals surface area contributed by atoms with Crippen LogP contribution in [0.25, 0.3) is 0 Å². The summed E-state index contributed by atoms with van der Waals surface area (Å²) in [5.74, 6) is 0. The number of aliphatic hydroxyl groups is 1. The Morgan fingerprint density at radius 3 is 3.00 bits per heavy atom.